The minimum atomic E-state index is -0.486. The van der Waals surface area contributed by atoms with Gasteiger partial charge in [-0.05, 0) is 23.3 Å². The van der Waals surface area contributed by atoms with Crippen LogP contribution in [-0.4, -0.2) is 36.7 Å². The third-order valence-corrected chi connectivity index (χ3v) is 14.9. The Morgan fingerprint density at radius 3 is 1.84 bits per heavy atom. The van der Waals surface area contributed by atoms with Crippen molar-refractivity contribution < 1.29 is 4.74 Å². The van der Waals surface area contributed by atoms with E-state index in [-0.39, 0.29) is 10.8 Å². The summed E-state index contributed by atoms with van der Waals surface area (Å²) in [5, 5.41) is 3.70. The van der Waals surface area contributed by atoms with Crippen LogP contribution < -0.4 is 14.5 Å². The van der Waals surface area contributed by atoms with Gasteiger partial charge in [-0.15, -0.1) is 0 Å². The summed E-state index contributed by atoms with van der Waals surface area (Å²) in [5.74, 6) is 2.56. The third kappa shape index (κ3) is 7.06. The number of pyridine rings is 1. The zero-order chi connectivity index (χ0) is 43.7. The maximum absolute atomic E-state index is 7.04. The molecule has 0 atom stereocenters. The standard InChI is InChI=1S/C58H50N4OTe/c1-57(2,3)40-32-41(60-37-61(52-27-16-15-26-51(52)60)55-44(38-18-9-7-10-19-38)23-17-24-45(55)39-20-11-8-12-21-39)34-43(33-40)63-42-28-29-47-46-22-13-14-25-50(46)62(53(47)35-42)54-36-49(58(4,5)6)48-30-31-64-56(48)59-54/h7-36H,37H2,1-6H3. The van der Waals surface area contributed by atoms with Gasteiger partial charge in [0.05, 0.1) is 17.1 Å². The first kappa shape index (κ1) is 40.2. The number of hydrogen-bond donors (Lipinski definition) is 0. The molecular weight excluding hydrogens is 896 g/mol. The molecule has 7 aromatic carbocycles. The molecule has 0 bridgehead atoms. The van der Waals surface area contributed by atoms with Crippen LogP contribution >= 0.6 is 0 Å². The van der Waals surface area contributed by atoms with Gasteiger partial charge in [0.15, 0.2) is 0 Å². The van der Waals surface area contributed by atoms with Crippen molar-refractivity contribution in [2.75, 3.05) is 16.5 Å². The predicted octanol–water partition coefficient (Wildman–Crippen LogP) is 15.4. The van der Waals surface area contributed by atoms with Crippen molar-refractivity contribution in [3.8, 4) is 39.6 Å². The Labute approximate surface area is 385 Å². The van der Waals surface area contributed by atoms with Crippen LogP contribution in [0.4, 0.5) is 22.7 Å². The molecule has 0 radical (unpaired) electrons. The monoisotopic (exact) mass is 948 g/mol. The van der Waals surface area contributed by atoms with Gasteiger partial charge in [-0.1, -0.05) is 112 Å². The topological polar surface area (TPSA) is 33.5 Å². The van der Waals surface area contributed by atoms with Gasteiger partial charge in [0, 0.05) is 11.1 Å². The quantitative estimate of drug-likeness (QED) is 0.149. The van der Waals surface area contributed by atoms with Gasteiger partial charge < -0.3 is 4.90 Å². The van der Waals surface area contributed by atoms with Gasteiger partial charge in [-0.2, -0.15) is 0 Å². The Bertz CT molecular complexity index is 3310. The van der Waals surface area contributed by atoms with Crippen LogP contribution in [0, 0.1) is 0 Å². The molecule has 64 heavy (non-hydrogen) atoms. The first-order valence-electron chi connectivity index (χ1n) is 22.1. The molecule has 11 rings (SSSR count). The number of rotatable bonds is 7. The van der Waals surface area contributed by atoms with E-state index >= 15 is 0 Å². The van der Waals surface area contributed by atoms with E-state index in [0.29, 0.717) is 6.67 Å². The fourth-order valence-electron chi connectivity index (χ4n) is 9.46. The van der Waals surface area contributed by atoms with Crippen molar-refractivity contribution in [3.63, 3.8) is 0 Å². The van der Waals surface area contributed by atoms with Crippen molar-refractivity contribution in [3.05, 3.63) is 191 Å². The summed E-state index contributed by atoms with van der Waals surface area (Å²) >= 11 is -0.486. The molecule has 314 valence electrons. The Morgan fingerprint density at radius 1 is 0.516 bits per heavy atom. The summed E-state index contributed by atoms with van der Waals surface area (Å²) in [6.45, 7) is 14.4. The van der Waals surface area contributed by atoms with E-state index in [9.17, 15) is 0 Å². The van der Waals surface area contributed by atoms with Crippen molar-refractivity contribution >= 4 is 73.9 Å². The van der Waals surface area contributed by atoms with Crippen LogP contribution in [0.1, 0.15) is 52.7 Å². The summed E-state index contributed by atoms with van der Waals surface area (Å²) in [7, 11) is 0. The molecule has 10 aromatic rings. The van der Waals surface area contributed by atoms with Crippen molar-refractivity contribution in [2.45, 2.75) is 52.4 Å². The first-order valence-corrected chi connectivity index (χ1v) is 24.6. The zero-order valence-electron chi connectivity index (χ0n) is 37.1. The number of aromatic nitrogens is 2. The van der Waals surface area contributed by atoms with E-state index in [1.54, 1.807) is 0 Å². The fourth-order valence-corrected chi connectivity index (χ4v) is 11.7. The van der Waals surface area contributed by atoms with Crippen LogP contribution in [0.3, 0.4) is 0 Å². The fraction of sp³-hybridized carbons (Fsp3) is 0.155. The molecule has 3 aromatic heterocycles. The molecule has 0 spiro atoms. The molecule has 0 unspecified atom stereocenters. The van der Waals surface area contributed by atoms with Crippen LogP contribution in [0.5, 0.6) is 11.5 Å². The second-order valence-corrected chi connectivity index (χ2v) is 21.5. The van der Waals surface area contributed by atoms with E-state index in [2.05, 4.69) is 236 Å². The Hall–Kier alpha value is -6.58. The number of nitrogens with zero attached hydrogens (tertiary/aromatic N) is 4. The van der Waals surface area contributed by atoms with Crippen molar-refractivity contribution in [1.29, 1.82) is 0 Å². The molecule has 0 amide bonds. The molecule has 0 aliphatic carbocycles. The molecule has 0 saturated heterocycles. The van der Waals surface area contributed by atoms with Crippen LogP contribution in [-0.2, 0) is 10.8 Å². The molecular formula is C58H50N4OTe. The van der Waals surface area contributed by atoms with E-state index < -0.39 is 20.4 Å². The smallest absolute Gasteiger partial charge is 0.320 e. The van der Waals surface area contributed by atoms with E-state index in [0.717, 1.165) is 45.4 Å². The molecule has 6 heteroatoms. The van der Waals surface area contributed by atoms with E-state index in [4.69, 9.17) is 9.72 Å². The second kappa shape index (κ2) is 15.6. The number of para-hydroxylation sites is 4. The van der Waals surface area contributed by atoms with Gasteiger partial charge in [-0.3, -0.25) is 0 Å². The molecule has 0 fully saturated rings. The van der Waals surface area contributed by atoms with Crippen molar-refractivity contribution in [2.24, 2.45) is 0 Å². The first-order chi connectivity index (χ1) is 31.0. The maximum atomic E-state index is 7.04. The Kier molecular flexibility index (Phi) is 9.80. The number of anilines is 4. The molecule has 0 saturated carbocycles. The average molecular weight is 947 g/mol. The summed E-state index contributed by atoms with van der Waals surface area (Å²) in [6, 6.07) is 63.7. The summed E-state index contributed by atoms with van der Waals surface area (Å²) < 4.78 is 13.0. The Morgan fingerprint density at radius 2 is 1.16 bits per heavy atom. The van der Waals surface area contributed by atoms with Gasteiger partial charge in [-0.25, -0.2) is 0 Å². The molecule has 0 N–H and O–H groups in total. The zero-order valence-corrected chi connectivity index (χ0v) is 39.5. The number of fused-ring (bicyclic) bond motifs is 5. The number of benzene rings is 7. The van der Waals surface area contributed by atoms with E-state index in [1.807, 2.05) is 0 Å². The summed E-state index contributed by atoms with van der Waals surface area (Å²) in [6.07, 6.45) is 0. The summed E-state index contributed by atoms with van der Waals surface area (Å²) in [4.78, 5) is 10.3. The second-order valence-electron chi connectivity index (χ2n) is 18.9. The molecule has 1 aliphatic rings. The minimum Gasteiger partial charge on any atom is -0.320 e. The van der Waals surface area contributed by atoms with Gasteiger partial charge in [0.2, 0.25) is 0 Å². The number of ether oxygens (including phenoxy) is 1. The summed E-state index contributed by atoms with van der Waals surface area (Å²) in [5.41, 5.74) is 14.0. The minimum absolute atomic E-state index is 0.0193. The predicted molar refractivity (Wildman–Crippen MR) is 270 cm³/mol. The van der Waals surface area contributed by atoms with Crippen LogP contribution in [0.25, 0.3) is 58.8 Å². The van der Waals surface area contributed by atoms with Gasteiger partial charge in [0.25, 0.3) is 0 Å². The van der Waals surface area contributed by atoms with Gasteiger partial charge >= 0.3 is 213 Å². The third-order valence-electron chi connectivity index (χ3n) is 12.6. The van der Waals surface area contributed by atoms with E-state index in [1.165, 1.54) is 58.8 Å². The average Bonchev–Trinajstić information content (AvgIpc) is 4.03. The normalized spacial score (nSPS) is 13.0. The molecule has 1 aliphatic heterocycles. The van der Waals surface area contributed by atoms with Gasteiger partial charge in [0.1, 0.15) is 6.67 Å². The molecule has 4 heterocycles. The Balaban J connectivity index is 1.03. The molecule has 5 nitrogen and oxygen atoms in total. The van der Waals surface area contributed by atoms with Crippen LogP contribution in [0.2, 0.25) is 0 Å². The SMILES string of the molecule is CC(C)(C)c1cc(Oc2ccc3c4ccccc4n(-c4cc(C(C)(C)C)c5cc[te]c5n4)c3c2)cc(N2CN(c3c(-c4ccccc4)cccc3-c3ccccc3)c3ccccc32)c1. The van der Waals surface area contributed by atoms with Crippen LogP contribution in [0.15, 0.2) is 180 Å². The number of hydrogen-bond acceptors (Lipinski definition) is 4. The van der Waals surface area contributed by atoms with Crippen molar-refractivity contribution in [1.82, 2.24) is 9.55 Å².